The molecular formula is C12H20N2. The summed E-state index contributed by atoms with van der Waals surface area (Å²) >= 11 is 0. The van der Waals surface area contributed by atoms with Crippen molar-refractivity contribution in [2.24, 2.45) is 5.92 Å². The highest BCUT2D eigenvalue weighted by Crippen LogP contribution is 2.03. The molecule has 0 saturated carbocycles. The van der Waals surface area contributed by atoms with E-state index in [1.165, 1.54) is 12.8 Å². The summed E-state index contributed by atoms with van der Waals surface area (Å²) in [7, 11) is 0. The first kappa shape index (κ1) is 11.2. The number of hydrogen-bond donors (Lipinski definition) is 1. The molecule has 0 unspecified atom stereocenters. The molecule has 78 valence electrons. The van der Waals surface area contributed by atoms with Gasteiger partial charge in [0.1, 0.15) is 0 Å². The topological polar surface area (TPSA) is 24.9 Å². The fourth-order valence-electron chi connectivity index (χ4n) is 1.54. The van der Waals surface area contributed by atoms with Crippen molar-refractivity contribution in [2.75, 3.05) is 6.54 Å². The molecule has 1 rings (SSSR count). The highest BCUT2D eigenvalue weighted by Gasteiger charge is 1.99. The third-order valence-corrected chi connectivity index (χ3v) is 2.31. The lowest BCUT2D eigenvalue weighted by Gasteiger charge is -2.10. The van der Waals surface area contributed by atoms with Gasteiger partial charge in [-0.3, -0.25) is 4.98 Å². The lowest BCUT2D eigenvalue weighted by molar-refractivity contribution is 0.474. The van der Waals surface area contributed by atoms with E-state index in [9.17, 15) is 0 Å². The van der Waals surface area contributed by atoms with Crippen molar-refractivity contribution in [2.45, 2.75) is 33.2 Å². The van der Waals surface area contributed by atoms with Crippen LogP contribution in [0.4, 0.5) is 0 Å². The van der Waals surface area contributed by atoms with Gasteiger partial charge >= 0.3 is 0 Å². The van der Waals surface area contributed by atoms with E-state index in [1.807, 2.05) is 18.3 Å². The number of aromatic nitrogens is 1. The molecule has 1 N–H and O–H groups in total. The average Bonchev–Trinajstić information content (AvgIpc) is 2.20. The molecule has 0 spiro atoms. The molecule has 0 aliphatic carbocycles. The quantitative estimate of drug-likeness (QED) is 0.749. The van der Waals surface area contributed by atoms with Gasteiger partial charge in [0, 0.05) is 12.7 Å². The summed E-state index contributed by atoms with van der Waals surface area (Å²) in [5, 5.41) is 3.42. The van der Waals surface area contributed by atoms with Crippen LogP contribution in [0, 0.1) is 5.92 Å². The van der Waals surface area contributed by atoms with Crippen LogP contribution in [0.25, 0.3) is 0 Å². The van der Waals surface area contributed by atoms with Gasteiger partial charge < -0.3 is 5.32 Å². The summed E-state index contributed by atoms with van der Waals surface area (Å²) in [6.07, 6.45) is 4.41. The van der Waals surface area contributed by atoms with Gasteiger partial charge in [0.05, 0.1) is 5.69 Å². The smallest absolute Gasteiger partial charge is 0.0541 e. The Hall–Kier alpha value is -0.890. The van der Waals surface area contributed by atoms with E-state index in [1.54, 1.807) is 0 Å². The second kappa shape index (κ2) is 6.55. The Morgan fingerprint density at radius 3 is 2.93 bits per heavy atom. The second-order valence-electron chi connectivity index (χ2n) is 3.85. The Bertz CT molecular complexity index is 233. The van der Waals surface area contributed by atoms with Crippen LogP contribution in [-0.4, -0.2) is 11.5 Å². The Balaban J connectivity index is 2.16. The molecule has 1 atom stereocenters. The fourth-order valence-corrected chi connectivity index (χ4v) is 1.54. The first-order chi connectivity index (χ1) is 6.83. The predicted molar refractivity (Wildman–Crippen MR) is 60.0 cm³/mol. The fraction of sp³-hybridized carbons (Fsp3) is 0.583. The highest BCUT2D eigenvalue weighted by atomic mass is 14.9. The van der Waals surface area contributed by atoms with Gasteiger partial charge in [0.25, 0.3) is 0 Å². The Morgan fingerprint density at radius 1 is 1.43 bits per heavy atom. The van der Waals surface area contributed by atoms with Crippen LogP contribution in [0.1, 0.15) is 32.4 Å². The van der Waals surface area contributed by atoms with Crippen LogP contribution >= 0.6 is 0 Å². The highest BCUT2D eigenvalue weighted by molar-refractivity contribution is 5.02. The third-order valence-electron chi connectivity index (χ3n) is 2.31. The largest absolute Gasteiger partial charge is 0.311 e. The third kappa shape index (κ3) is 4.38. The number of hydrogen-bond acceptors (Lipinski definition) is 2. The average molecular weight is 192 g/mol. The molecule has 0 amide bonds. The minimum absolute atomic E-state index is 0.767. The van der Waals surface area contributed by atoms with Gasteiger partial charge in [-0.05, 0) is 31.0 Å². The van der Waals surface area contributed by atoms with Crippen LogP contribution in [0.15, 0.2) is 24.4 Å². The van der Waals surface area contributed by atoms with Crippen molar-refractivity contribution in [1.29, 1.82) is 0 Å². The molecule has 0 radical (unpaired) electrons. The molecule has 0 bridgehead atoms. The van der Waals surface area contributed by atoms with Gasteiger partial charge in [-0.25, -0.2) is 0 Å². The van der Waals surface area contributed by atoms with E-state index in [-0.39, 0.29) is 0 Å². The standard InChI is InChI=1S/C12H20N2/c1-3-6-11(2)9-13-10-12-7-4-5-8-14-12/h4-5,7-8,11,13H,3,6,9-10H2,1-2H3/t11-/m0/s1. The molecule has 0 fully saturated rings. The van der Waals surface area contributed by atoms with Gasteiger partial charge in [-0.2, -0.15) is 0 Å². The van der Waals surface area contributed by atoms with Crippen LogP contribution in [0.2, 0.25) is 0 Å². The van der Waals surface area contributed by atoms with Crippen LogP contribution in [0.3, 0.4) is 0 Å². The first-order valence-electron chi connectivity index (χ1n) is 5.43. The second-order valence-corrected chi connectivity index (χ2v) is 3.85. The monoisotopic (exact) mass is 192 g/mol. The number of nitrogens with zero attached hydrogens (tertiary/aromatic N) is 1. The molecule has 0 aromatic carbocycles. The van der Waals surface area contributed by atoms with E-state index < -0.39 is 0 Å². The summed E-state index contributed by atoms with van der Waals surface area (Å²) in [6.45, 7) is 6.49. The van der Waals surface area contributed by atoms with E-state index in [2.05, 4.69) is 30.2 Å². The minimum Gasteiger partial charge on any atom is -0.311 e. The van der Waals surface area contributed by atoms with Crippen molar-refractivity contribution in [3.05, 3.63) is 30.1 Å². The SMILES string of the molecule is CCC[C@H](C)CNCc1ccccn1. The lowest BCUT2D eigenvalue weighted by atomic mass is 10.1. The molecule has 1 heterocycles. The van der Waals surface area contributed by atoms with Gasteiger partial charge in [-0.1, -0.05) is 26.3 Å². The normalized spacial score (nSPS) is 12.7. The van der Waals surface area contributed by atoms with E-state index >= 15 is 0 Å². The van der Waals surface area contributed by atoms with Gasteiger partial charge in [0.2, 0.25) is 0 Å². The summed E-state index contributed by atoms with van der Waals surface area (Å²) in [5.74, 6) is 0.767. The zero-order chi connectivity index (χ0) is 10.2. The molecule has 14 heavy (non-hydrogen) atoms. The number of nitrogens with one attached hydrogen (secondary N) is 1. The predicted octanol–water partition coefficient (Wildman–Crippen LogP) is 2.61. The van der Waals surface area contributed by atoms with E-state index in [4.69, 9.17) is 0 Å². The van der Waals surface area contributed by atoms with Crippen molar-refractivity contribution < 1.29 is 0 Å². The molecular weight excluding hydrogens is 172 g/mol. The molecule has 0 aliphatic heterocycles. The van der Waals surface area contributed by atoms with Crippen molar-refractivity contribution >= 4 is 0 Å². The number of rotatable bonds is 6. The maximum Gasteiger partial charge on any atom is 0.0541 e. The van der Waals surface area contributed by atoms with Gasteiger partial charge in [0.15, 0.2) is 0 Å². The summed E-state index contributed by atoms with van der Waals surface area (Å²) in [6, 6.07) is 6.03. The zero-order valence-electron chi connectivity index (χ0n) is 9.16. The van der Waals surface area contributed by atoms with Crippen molar-refractivity contribution in [1.82, 2.24) is 10.3 Å². The minimum atomic E-state index is 0.767. The summed E-state index contributed by atoms with van der Waals surface area (Å²) in [5.41, 5.74) is 1.12. The maximum absolute atomic E-state index is 4.26. The molecule has 0 saturated heterocycles. The number of pyridine rings is 1. The van der Waals surface area contributed by atoms with E-state index in [0.29, 0.717) is 0 Å². The Morgan fingerprint density at radius 2 is 2.29 bits per heavy atom. The maximum atomic E-state index is 4.26. The van der Waals surface area contributed by atoms with Crippen LogP contribution in [-0.2, 0) is 6.54 Å². The molecule has 1 aromatic heterocycles. The van der Waals surface area contributed by atoms with Crippen LogP contribution in [0.5, 0.6) is 0 Å². The summed E-state index contributed by atoms with van der Waals surface area (Å²) < 4.78 is 0. The first-order valence-corrected chi connectivity index (χ1v) is 5.43. The van der Waals surface area contributed by atoms with E-state index in [0.717, 1.165) is 24.7 Å². The van der Waals surface area contributed by atoms with Crippen molar-refractivity contribution in [3.63, 3.8) is 0 Å². The Kier molecular flexibility index (Phi) is 5.23. The Labute approximate surface area is 86.8 Å². The molecule has 2 nitrogen and oxygen atoms in total. The van der Waals surface area contributed by atoms with Gasteiger partial charge in [-0.15, -0.1) is 0 Å². The molecule has 0 aliphatic rings. The van der Waals surface area contributed by atoms with Crippen LogP contribution < -0.4 is 5.32 Å². The molecule has 1 aromatic rings. The zero-order valence-corrected chi connectivity index (χ0v) is 9.16. The summed E-state index contributed by atoms with van der Waals surface area (Å²) in [4.78, 5) is 4.26. The lowest BCUT2D eigenvalue weighted by Crippen LogP contribution is -2.21. The van der Waals surface area contributed by atoms with Crippen molar-refractivity contribution in [3.8, 4) is 0 Å². The molecule has 2 heteroatoms.